The summed E-state index contributed by atoms with van der Waals surface area (Å²) in [6.45, 7) is 6.55. The molecule has 0 aliphatic carbocycles. The van der Waals surface area contributed by atoms with Crippen LogP contribution in [0.15, 0.2) is 12.3 Å². The number of nitrogens with one attached hydrogen (secondary N) is 1. The smallest absolute Gasteiger partial charge is 0.328 e. The summed E-state index contributed by atoms with van der Waals surface area (Å²) in [6, 6.07) is 3.04. The largest absolute Gasteiger partial charge is 0.388 e. The third-order valence-electron chi connectivity index (χ3n) is 3.19. The van der Waals surface area contributed by atoms with E-state index < -0.39 is 16.1 Å². The Balaban J connectivity index is 3.31. The molecular weight excluding hydrogens is 248 g/mol. The zero-order chi connectivity index (χ0) is 14.8. The maximum Gasteiger partial charge on any atom is 0.328 e. The molecule has 0 bridgehead atoms. The van der Waals surface area contributed by atoms with E-state index in [-0.39, 0.29) is 17.1 Å². The molecule has 0 fully saturated rings. The molecule has 0 saturated carbocycles. The normalized spacial score (nSPS) is 11.8. The van der Waals surface area contributed by atoms with E-state index in [1.54, 1.807) is 33.8 Å². The third-order valence-corrected chi connectivity index (χ3v) is 3.19. The van der Waals surface area contributed by atoms with Crippen LogP contribution in [0.5, 0.6) is 0 Å². The summed E-state index contributed by atoms with van der Waals surface area (Å²) in [5, 5.41) is 32.8. The number of nitro groups is 1. The van der Waals surface area contributed by atoms with Crippen molar-refractivity contribution < 1.29 is 10.0 Å². The fourth-order valence-electron chi connectivity index (χ4n) is 1.27. The van der Waals surface area contributed by atoms with Crippen molar-refractivity contribution in [2.24, 2.45) is 0 Å². The molecule has 1 aromatic rings. The third kappa shape index (κ3) is 2.98. The number of anilines is 1. The summed E-state index contributed by atoms with van der Waals surface area (Å²) in [4.78, 5) is 14.3. The number of nitriles is 1. The molecule has 0 atom stereocenters. The summed E-state index contributed by atoms with van der Waals surface area (Å²) in [5.74, 6) is -0.0313. The van der Waals surface area contributed by atoms with E-state index in [9.17, 15) is 15.2 Å². The van der Waals surface area contributed by atoms with Crippen LogP contribution in [0.25, 0.3) is 0 Å². The van der Waals surface area contributed by atoms with Gasteiger partial charge in [0.1, 0.15) is 11.6 Å². The summed E-state index contributed by atoms with van der Waals surface area (Å²) < 4.78 is 0. The molecule has 1 aromatic heterocycles. The Kier molecular flexibility index (Phi) is 3.77. The van der Waals surface area contributed by atoms with Crippen molar-refractivity contribution in [3.63, 3.8) is 0 Å². The average Bonchev–Trinajstić information content (AvgIpc) is 2.26. The lowest BCUT2D eigenvalue weighted by molar-refractivity contribution is -0.384. The Morgan fingerprint density at radius 2 is 2.05 bits per heavy atom. The first-order valence-electron chi connectivity index (χ1n) is 5.64. The predicted octanol–water partition coefficient (Wildman–Crippen LogP) is 1.82. The number of nitrogens with zero attached hydrogens (tertiary/aromatic N) is 3. The van der Waals surface area contributed by atoms with Crippen LogP contribution in [-0.4, -0.2) is 26.2 Å². The molecule has 102 valence electrons. The average molecular weight is 264 g/mol. The first-order valence-corrected chi connectivity index (χ1v) is 5.64. The molecule has 0 aliphatic heterocycles. The molecular formula is C12H16N4O3. The Hall–Kier alpha value is -2.20. The minimum absolute atomic E-state index is 0.0313. The highest BCUT2D eigenvalue weighted by Gasteiger charge is 2.37. The molecule has 0 radical (unpaired) electrons. The van der Waals surface area contributed by atoms with Gasteiger partial charge >= 0.3 is 5.69 Å². The summed E-state index contributed by atoms with van der Waals surface area (Å²) >= 11 is 0. The van der Waals surface area contributed by atoms with E-state index in [0.29, 0.717) is 0 Å². The van der Waals surface area contributed by atoms with Gasteiger partial charge in [0.25, 0.3) is 0 Å². The van der Waals surface area contributed by atoms with Crippen LogP contribution in [0.3, 0.4) is 0 Å². The minimum atomic E-state index is -1.13. The van der Waals surface area contributed by atoms with Crippen molar-refractivity contribution in [1.29, 1.82) is 5.26 Å². The van der Waals surface area contributed by atoms with Gasteiger partial charge in [-0.05, 0) is 33.8 Å². The van der Waals surface area contributed by atoms with Crippen LogP contribution in [0, 0.1) is 21.4 Å². The van der Waals surface area contributed by atoms with E-state index in [4.69, 9.17) is 5.26 Å². The molecule has 1 rings (SSSR count). The van der Waals surface area contributed by atoms with Crippen molar-refractivity contribution in [2.45, 2.75) is 38.8 Å². The first kappa shape index (κ1) is 14.9. The van der Waals surface area contributed by atoms with Crippen molar-refractivity contribution in [3.8, 4) is 6.07 Å². The summed E-state index contributed by atoms with van der Waals surface area (Å²) in [7, 11) is 0. The molecule has 7 nitrogen and oxygen atoms in total. The summed E-state index contributed by atoms with van der Waals surface area (Å²) in [5.41, 5.74) is -2.46. The molecule has 0 saturated heterocycles. The highest BCUT2D eigenvalue weighted by Crippen LogP contribution is 2.31. The number of aromatic nitrogens is 1. The monoisotopic (exact) mass is 264 g/mol. The van der Waals surface area contributed by atoms with Crippen LogP contribution in [-0.2, 0) is 0 Å². The lowest BCUT2D eigenvalue weighted by Crippen LogP contribution is -2.51. The molecule has 0 spiro atoms. The van der Waals surface area contributed by atoms with E-state index in [1.807, 2.05) is 0 Å². The number of hydrogen-bond acceptors (Lipinski definition) is 6. The number of rotatable bonds is 4. The summed E-state index contributed by atoms with van der Waals surface area (Å²) in [6.07, 6.45) is 1.31. The molecule has 0 aliphatic rings. The lowest BCUT2D eigenvalue weighted by atomic mass is 9.86. The quantitative estimate of drug-likeness (QED) is 0.633. The van der Waals surface area contributed by atoms with E-state index in [0.717, 1.165) is 0 Å². The Labute approximate surface area is 111 Å². The van der Waals surface area contributed by atoms with Crippen LogP contribution < -0.4 is 5.32 Å². The van der Waals surface area contributed by atoms with Gasteiger partial charge in [0.05, 0.1) is 16.1 Å². The van der Waals surface area contributed by atoms with E-state index in [2.05, 4.69) is 10.3 Å². The van der Waals surface area contributed by atoms with Gasteiger partial charge in [-0.15, -0.1) is 0 Å². The van der Waals surface area contributed by atoms with Crippen molar-refractivity contribution >= 4 is 11.5 Å². The van der Waals surface area contributed by atoms with Crippen molar-refractivity contribution in [2.75, 3.05) is 5.32 Å². The molecule has 2 N–H and O–H groups in total. The number of hydrogen-bond donors (Lipinski definition) is 2. The molecule has 0 amide bonds. The molecule has 0 unspecified atom stereocenters. The molecule has 7 heteroatoms. The Morgan fingerprint density at radius 3 is 2.47 bits per heavy atom. The van der Waals surface area contributed by atoms with Gasteiger partial charge in [-0.25, -0.2) is 4.98 Å². The minimum Gasteiger partial charge on any atom is -0.388 e. The second-order valence-electron chi connectivity index (χ2n) is 5.23. The Morgan fingerprint density at radius 1 is 1.47 bits per heavy atom. The van der Waals surface area contributed by atoms with E-state index in [1.165, 1.54) is 12.3 Å². The van der Waals surface area contributed by atoms with Gasteiger partial charge in [0.2, 0.25) is 5.82 Å². The topological polar surface area (TPSA) is 112 Å². The van der Waals surface area contributed by atoms with Crippen molar-refractivity contribution in [3.05, 3.63) is 27.9 Å². The van der Waals surface area contributed by atoms with Crippen LogP contribution in [0.4, 0.5) is 11.5 Å². The van der Waals surface area contributed by atoms with Gasteiger partial charge in [-0.2, -0.15) is 5.26 Å². The fourth-order valence-corrected chi connectivity index (χ4v) is 1.27. The maximum atomic E-state index is 11.0. The fraction of sp³-hybridized carbons (Fsp3) is 0.500. The van der Waals surface area contributed by atoms with Gasteiger partial charge in [-0.1, -0.05) is 0 Å². The first-order chi connectivity index (χ1) is 8.60. The van der Waals surface area contributed by atoms with E-state index >= 15 is 0 Å². The van der Waals surface area contributed by atoms with Crippen LogP contribution in [0.2, 0.25) is 0 Å². The van der Waals surface area contributed by atoms with Gasteiger partial charge < -0.3 is 10.4 Å². The predicted molar refractivity (Wildman–Crippen MR) is 69.6 cm³/mol. The second-order valence-corrected chi connectivity index (χ2v) is 5.23. The van der Waals surface area contributed by atoms with Crippen molar-refractivity contribution in [1.82, 2.24) is 4.98 Å². The van der Waals surface area contributed by atoms with Gasteiger partial charge in [0.15, 0.2) is 0 Å². The van der Waals surface area contributed by atoms with Crippen LogP contribution >= 0.6 is 0 Å². The number of pyridine rings is 1. The maximum absolute atomic E-state index is 11.0. The molecule has 0 aromatic carbocycles. The highest BCUT2D eigenvalue weighted by atomic mass is 16.6. The van der Waals surface area contributed by atoms with Gasteiger partial charge in [0, 0.05) is 6.20 Å². The molecule has 1 heterocycles. The zero-order valence-electron chi connectivity index (χ0n) is 11.3. The Bertz CT molecular complexity index is 541. The lowest BCUT2D eigenvalue weighted by Gasteiger charge is -2.38. The number of aliphatic hydroxyl groups is 1. The van der Waals surface area contributed by atoms with Gasteiger partial charge in [-0.3, -0.25) is 10.1 Å². The zero-order valence-corrected chi connectivity index (χ0v) is 11.3. The molecule has 19 heavy (non-hydrogen) atoms. The SMILES string of the molecule is CC(C)(O)C(C)(C)Nc1nccc(C#N)c1[N+](=O)[O-]. The second kappa shape index (κ2) is 4.82. The standard InChI is InChI=1S/C12H16N4O3/c1-11(2,12(3,4)17)15-10-9(16(18)19)8(7-13)5-6-14-10/h5-6,17H,1-4H3,(H,14,15). The van der Waals surface area contributed by atoms with Crippen LogP contribution in [0.1, 0.15) is 33.3 Å². The highest BCUT2D eigenvalue weighted by molar-refractivity contribution is 5.65.